The molecule has 0 spiro atoms. The third kappa shape index (κ3) is 3.90. The van der Waals surface area contributed by atoms with Gasteiger partial charge in [-0.3, -0.25) is 4.68 Å². The van der Waals surface area contributed by atoms with E-state index in [-0.39, 0.29) is 0 Å². The molecule has 2 N–H and O–H groups in total. The highest BCUT2D eigenvalue weighted by atomic mass is 32.1. The van der Waals surface area contributed by atoms with Crippen LogP contribution in [-0.4, -0.2) is 35.1 Å². The quantitative estimate of drug-likeness (QED) is 0.494. The molecule has 0 aliphatic carbocycles. The summed E-state index contributed by atoms with van der Waals surface area (Å²) < 4.78 is 1.81. The van der Waals surface area contributed by atoms with Crippen molar-refractivity contribution in [1.29, 1.82) is 0 Å². The maximum absolute atomic E-state index is 10.8. The Bertz CT molecular complexity index is 1060. The molecule has 0 bridgehead atoms. The summed E-state index contributed by atoms with van der Waals surface area (Å²) in [5.74, 6) is 0.661. The average Bonchev–Trinajstić information content (AvgIpc) is 3.38. The standard InChI is InChI=1S/C16H17N7OS3/c1-9-7-26-13(17-9)16(3,24)14-20-21-15(27-14)19-12-4-5-23(22-12)6-11-8-25-10(2)18-11/h4-5,7-8,24H,6H2,1-3H3,(H,19,21,22)/t16-/m0/s1. The fourth-order valence-electron chi connectivity index (χ4n) is 2.41. The zero-order chi connectivity index (χ0) is 19.0. The molecule has 4 rings (SSSR count). The summed E-state index contributed by atoms with van der Waals surface area (Å²) in [5, 5.41) is 33.3. The predicted molar refractivity (Wildman–Crippen MR) is 107 cm³/mol. The van der Waals surface area contributed by atoms with E-state index in [9.17, 15) is 5.11 Å². The minimum Gasteiger partial charge on any atom is -0.376 e. The molecule has 0 unspecified atom stereocenters. The van der Waals surface area contributed by atoms with Gasteiger partial charge in [-0.2, -0.15) is 5.10 Å². The molecule has 11 heteroatoms. The van der Waals surface area contributed by atoms with Crippen LogP contribution in [0.2, 0.25) is 0 Å². The summed E-state index contributed by atoms with van der Waals surface area (Å²) in [4.78, 5) is 8.81. The first-order valence-electron chi connectivity index (χ1n) is 8.10. The van der Waals surface area contributed by atoms with Gasteiger partial charge in [-0.05, 0) is 20.8 Å². The highest BCUT2D eigenvalue weighted by Crippen LogP contribution is 2.34. The van der Waals surface area contributed by atoms with Gasteiger partial charge in [0, 0.05) is 28.7 Å². The summed E-state index contributed by atoms with van der Waals surface area (Å²) in [6.07, 6.45) is 1.88. The van der Waals surface area contributed by atoms with E-state index in [1.165, 1.54) is 22.7 Å². The lowest BCUT2D eigenvalue weighted by molar-refractivity contribution is 0.101. The van der Waals surface area contributed by atoms with Crippen LogP contribution in [0.15, 0.2) is 23.0 Å². The van der Waals surface area contributed by atoms with E-state index in [0.29, 0.717) is 27.5 Å². The van der Waals surface area contributed by atoms with E-state index < -0.39 is 5.60 Å². The highest BCUT2D eigenvalue weighted by Gasteiger charge is 2.33. The van der Waals surface area contributed by atoms with E-state index in [1.54, 1.807) is 18.3 Å². The first kappa shape index (κ1) is 18.2. The fraction of sp³-hybridized carbons (Fsp3) is 0.312. The number of nitrogens with one attached hydrogen (secondary N) is 1. The van der Waals surface area contributed by atoms with Crippen LogP contribution in [0.25, 0.3) is 0 Å². The van der Waals surface area contributed by atoms with Crippen LogP contribution >= 0.6 is 34.0 Å². The number of hydrogen-bond donors (Lipinski definition) is 2. The fourth-order valence-corrected chi connectivity index (χ4v) is 4.74. The molecule has 0 saturated carbocycles. The van der Waals surface area contributed by atoms with Crippen LogP contribution in [0.4, 0.5) is 10.9 Å². The lowest BCUT2D eigenvalue weighted by atomic mass is 10.1. The van der Waals surface area contributed by atoms with Gasteiger partial charge in [0.2, 0.25) is 5.13 Å². The molecule has 140 valence electrons. The van der Waals surface area contributed by atoms with Crippen molar-refractivity contribution in [2.45, 2.75) is 32.9 Å². The number of aliphatic hydroxyl groups is 1. The van der Waals surface area contributed by atoms with Crippen molar-refractivity contribution in [3.63, 3.8) is 0 Å². The van der Waals surface area contributed by atoms with Crippen molar-refractivity contribution in [3.05, 3.63) is 49.4 Å². The molecule has 27 heavy (non-hydrogen) atoms. The van der Waals surface area contributed by atoms with Gasteiger partial charge in [0.1, 0.15) is 5.01 Å². The van der Waals surface area contributed by atoms with E-state index in [4.69, 9.17) is 0 Å². The molecule has 0 aliphatic heterocycles. The van der Waals surface area contributed by atoms with Gasteiger partial charge in [-0.25, -0.2) is 9.97 Å². The summed E-state index contributed by atoms with van der Waals surface area (Å²) in [5.41, 5.74) is 0.595. The molecule has 4 aromatic heterocycles. The number of thiazole rings is 2. The minimum atomic E-state index is -1.27. The number of rotatable bonds is 6. The molecule has 1 atom stereocenters. The highest BCUT2D eigenvalue weighted by molar-refractivity contribution is 7.15. The van der Waals surface area contributed by atoms with Crippen LogP contribution in [0, 0.1) is 13.8 Å². The van der Waals surface area contributed by atoms with E-state index >= 15 is 0 Å². The van der Waals surface area contributed by atoms with Crippen LogP contribution in [0.5, 0.6) is 0 Å². The molecular formula is C16H17N7OS3. The van der Waals surface area contributed by atoms with Crippen molar-refractivity contribution < 1.29 is 5.11 Å². The lowest BCUT2D eigenvalue weighted by Gasteiger charge is -2.16. The predicted octanol–water partition coefficient (Wildman–Crippen LogP) is 3.31. The molecule has 8 nitrogen and oxygen atoms in total. The Morgan fingerprint density at radius 2 is 2.00 bits per heavy atom. The third-order valence-corrected chi connectivity index (χ3v) is 6.79. The van der Waals surface area contributed by atoms with Crippen molar-refractivity contribution in [2.24, 2.45) is 0 Å². The van der Waals surface area contributed by atoms with Crippen LogP contribution in [-0.2, 0) is 12.1 Å². The maximum atomic E-state index is 10.8. The van der Waals surface area contributed by atoms with Crippen LogP contribution in [0.3, 0.4) is 0 Å². The second kappa shape index (κ2) is 7.08. The number of nitrogens with zero attached hydrogens (tertiary/aromatic N) is 6. The Kier molecular flexibility index (Phi) is 4.76. The normalized spacial score (nSPS) is 13.6. The van der Waals surface area contributed by atoms with E-state index in [0.717, 1.165) is 16.4 Å². The van der Waals surface area contributed by atoms with Gasteiger partial charge in [0.25, 0.3) is 0 Å². The zero-order valence-corrected chi connectivity index (χ0v) is 17.3. The second-order valence-corrected chi connectivity index (χ2v) is 9.06. The molecule has 4 aromatic rings. The van der Waals surface area contributed by atoms with Gasteiger partial charge in [-0.1, -0.05) is 11.3 Å². The smallest absolute Gasteiger partial charge is 0.211 e. The molecule has 0 aromatic carbocycles. The van der Waals surface area contributed by atoms with E-state index in [2.05, 4.69) is 30.6 Å². The Labute approximate surface area is 167 Å². The molecule has 0 fully saturated rings. The average molecular weight is 420 g/mol. The summed E-state index contributed by atoms with van der Waals surface area (Å²) in [7, 11) is 0. The molecule has 0 amide bonds. The van der Waals surface area contributed by atoms with Gasteiger partial charge in [0.05, 0.1) is 17.2 Å². The Morgan fingerprint density at radius 3 is 2.70 bits per heavy atom. The number of hydrogen-bond acceptors (Lipinski definition) is 10. The van der Waals surface area contributed by atoms with Crippen molar-refractivity contribution in [3.8, 4) is 0 Å². The van der Waals surface area contributed by atoms with E-state index in [1.807, 2.05) is 41.6 Å². The summed E-state index contributed by atoms with van der Waals surface area (Å²) in [6, 6.07) is 1.86. The molecule has 0 aliphatic rings. The minimum absolute atomic E-state index is 0.483. The zero-order valence-electron chi connectivity index (χ0n) is 14.9. The first-order valence-corrected chi connectivity index (χ1v) is 10.7. The molecule has 0 saturated heterocycles. The summed E-state index contributed by atoms with van der Waals surface area (Å²) >= 11 is 4.31. The third-order valence-electron chi connectivity index (χ3n) is 3.74. The largest absolute Gasteiger partial charge is 0.376 e. The Hall–Kier alpha value is -2.21. The molecular weight excluding hydrogens is 402 g/mol. The first-order chi connectivity index (χ1) is 12.9. The topological polar surface area (TPSA) is 102 Å². The van der Waals surface area contributed by atoms with Gasteiger partial charge < -0.3 is 10.4 Å². The number of anilines is 2. The number of aromatic nitrogens is 6. The number of aryl methyl sites for hydroxylation is 2. The Morgan fingerprint density at radius 1 is 1.15 bits per heavy atom. The van der Waals surface area contributed by atoms with Crippen molar-refractivity contribution >= 4 is 45.0 Å². The van der Waals surface area contributed by atoms with Gasteiger partial charge in [-0.15, -0.1) is 32.9 Å². The van der Waals surface area contributed by atoms with Crippen LogP contribution in [0.1, 0.15) is 33.3 Å². The summed E-state index contributed by atoms with van der Waals surface area (Å²) in [6.45, 7) is 6.18. The Balaban J connectivity index is 1.46. The SMILES string of the molecule is Cc1csc([C@](C)(O)c2nnc(Nc3ccn(Cc4csc(C)n4)n3)s2)n1. The molecule has 0 radical (unpaired) electrons. The van der Waals surface area contributed by atoms with Gasteiger partial charge >= 0.3 is 0 Å². The van der Waals surface area contributed by atoms with Crippen molar-refractivity contribution in [2.75, 3.05) is 5.32 Å². The lowest BCUT2D eigenvalue weighted by Crippen LogP contribution is -2.22. The maximum Gasteiger partial charge on any atom is 0.211 e. The monoisotopic (exact) mass is 419 g/mol. The van der Waals surface area contributed by atoms with Crippen molar-refractivity contribution in [1.82, 2.24) is 29.9 Å². The second-order valence-electron chi connectivity index (χ2n) is 6.16. The van der Waals surface area contributed by atoms with Gasteiger partial charge in [0.15, 0.2) is 16.4 Å². The van der Waals surface area contributed by atoms with Crippen LogP contribution < -0.4 is 5.32 Å². The molecule has 4 heterocycles.